The number of imide groups is 1. The molecule has 2 N–H and O–H groups in total. The number of carbonyl (C=O) groups excluding carboxylic acids is 3. The number of hydrogen-bond donors (Lipinski definition) is 2. The SMILES string of the molecule is O=C(COc1ccc(/C=C2/NC(=O)N(c3cccc(Cl)c3)C2=O)cc1)Nc1ccc(F)cc1. The molecule has 1 aliphatic rings. The van der Waals surface area contributed by atoms with Crippen LogP contribution in [0.4, 0.5) is 20.6 Å². The fourth-order valence-corrected chi connectivity index (χ4v) is 3.28. The van der Waals surface area contributed by atoms with Crippen molar-refractivity contribution in [3.63, 3.8) is 0 Å². The maximum Gasteiger partial charge on any atom is 0.333 e. The number of nitrogens with one attached hydrogen (secondary N) is 2. The first-order valence-electron chi connectivity index (χ1n) is 9.80. The largest absolute Gasteiger partial charge is 0.484 e. The van der Waals surface area contributed by atoms with E-state index >= 15 is 0 Å². The van der Waals surface area contributed by atoms with Gasteiger partial charge in [0.1, 0.15) is 17.3 Å². The third-order valence-corrected chi connectivity index (χ3v) is 4.87. The van der Waals surface area contributed by atoms with Gasteiger partial charge in [0, 0.05) is 10.7 Å². The van der Waals surface area contributed by atoms with Crippen LogP contribution in [-0.4, -0.2) is 24.5 Å². The molecule has 1 fully saturated rings. The molecular weight excluding hydrogens is 449 g/mol. The second-order valence-electron chi connectivity index (χ2n) is 7.02. The average molecular weight is 466 g/mol. The molecule has 3 aromatic rings. The van der Waals surface area contributed by atoms with Crippen LogP contribution in [0.5, 0.6) is 5.75 Å². The predicted molar refractivity (Wildman–Crippen MR) is 122 cm³/mol. The summed E-state index contributed by atoms with van der Waals surface area (Å²) in [6.45, 7) is -0.235. The lowest BCUT2D eigenvalue weighted by Crippen LogP contribution is -2.30. The van der Waals surface area contributed by atoms with Crippen molar-refractivity contribution in [1.82, 2.24) is 5.32 Å². The molecule has 0 saturated carbocycles. The summed E-state index contributed by atoms with van der Waals surface area (Å²) in [6.07, 6.45) is 1.54. The zero-order valence-electron chi connectivity index (χ0n) is 17.0. The molecule has 0 aromatic heterocycles. The Labute approximate surface area is 193 Å². The van der Waals surface area contributed by atoms with E-state index in [0.29, 0.717) is 27.7 Å². The average Bonchev–Trinajstić information content (AvgIpc) is 3.07. The number of urea groups is 1. The van der Waals surface area contributed by atoms with Crippen molar-refractivity contribution in [1.29, 1.82) is 0 Å². The molecule has 166 valence electrons. The van der Waals surface area contributed by atoms with Gasteiger partial charge in [-0.15, -0.1) is 0 Å². The summed E-state index contributed by atoms with van der Waals surface area (Å²) < 4.78 is 18.4. The van der Waals surface area contributed by atoms with Crippen LogP contribution in [0.3, 0.4) is 0 Å². The summed E-state index contributed by atoms with van der Waals surface area (Å²) in [4.78, 5) is 38.0. The molecule has 0 unspecified atom stereocenters. The minimum atomic E-state index is -0.569. The van der Waals surface area contributed by atoms with Crippen LogP contribution >= 0.6 is 11.6 Å². The second kappa shape index (κ2) is 9.54. The number of carbonyl (C=O) groups is 3. The minimum Gasteiger partial charge on any atom is -0.484 e. The Bertz CT molecular complexity index is 1240. The van der Waals surface area contributed by atoms with Crippen molar-refractivity contribution < 1.29 is 23.5 Å². The van der Waals surface area contributed by atoms with Crippen LogP contribution in [0.25, 0.3) is 6.08 Å². The van der Waals surface area contributed by atoms with Gasteiger partial charge in [-0.05, 0) is 66.2 Å². The summed E-state index contributed by atoms with van der Waals surface area (Å²) in [5, 5.41) is 5.56. The van der Waals surface area contributed by atoms with E-state index in [0.717, 1.165) is 4.90 Å². The van der Waals surface area contributed by atoms with E-state index in [1.54, 1.807) is 42.5 Å². The van der Waals surface area contributed by atoms with Gasteiger partial charge in [0.05, 0.1) is 5.69 Å². The fourth-order valence-electron chi connectivity index (χ4n) is 3.09. The molecule has 0 spiro atoms. The van der Waals surface area contributed by atoms with Crippen LogP contribution in [-0.2, 0) is 9.59 Å². The molecule has 1 saturated heterocycles. The van der Waals surface area contributed by atoms with Gasteiger partial charge >= 0.3 is 6.03 Å². The first-order chi connectivity index (χ1) is 15.9. The molecule has 33 heavy (non-hydrogen) atoms. The normalized spacial score (nSPS) is 14.4. The van der Waals surface area contributed by atoms with Crippen LogP contribution in [0.15, 0.2) is 78.5 Å². The molecule has 7 nitrogen and oxygen atoms in total. The molecule has 0 bridgehead atoms. The molecular formula is C24H17ClFN3O4. The van der Waals surface area contributed by atoms with Crippen molar-refractivity contribution in [3.8, 4) is 5.75 Å². The number of ether oxygens (including phenoxy) is 1. The lowest BCUT2D eigenvalue weighted by atomic mass is 10.2. The summed E-state index contributed by atoms with van der Waals surface area (Å²) in [5.74, 6) is -0.850. The summed E-state index contributed by atoms with van der Waals surface area (Å²) in [5.41, 5.74) is 1.60. The van der Waals surface area contributed by atoms with E-state index in [-0.39, 0.29) is 12.3 Å². The predicted octanol–water partition coefficient (Wildman–Crippen LogP) is 4.59. The smallest absolute Gasteiger partial charge is 0.333 e. The number of halogens is 2. The van der Waals surface area contributed by atoms with Crippen molar-refractivity contribution in [2.45, 2.75) is 0 Å². The standard InChI is InChI=1S/C24H17ClFN3O4/c25-16-2-1-3-19(13-16)29-23(31)21(28-24(29)32)12-15-4-10-20(11-5-15)33-14-22(30)27-18-8-6-17(26)7-9-18/h1-13H,14H2,(H,27,30)(H,28,32)/b21-12+. The van der Waals surface area contributed by atoms with Gasteiger partial charge in [-0.3, -0.25) is 9.59 Å². The Morgan fingerprint density at radius 1 is 1.06 bits per heavy atom. The molecule has 4 rings (SSSR count). The first kappa shape index (κ1) is 22.0. The van der Waals surface area contributed by atoms with Gasteiger partial charge in [-0.25, -0.2) is 14.1 Å². The minimum absolute atomic E-state index is 0.118. The quantitative estimate of drug-likeness (QED) is 0.411. The van der Waals surface area contributed by atoms with Crippen molar-refractivity contribution in [2.75, 3.05) is 16.8 Å². The molecule has 0 aliphatic carbocycles. The zero-order valence-corrected chi connectivity index (χ0v) is 17.8. The van der Waals surface area contributed by atoms with E-state index in [4.69, 9.17) is 16.3 Å². The number of hydrogen-bond acceptors (Lipinski definition) is 4. The number of benzene rings is 3. The highest BCUT2D eigenvalue weighted by molar-refractivity contribution is 6.32. The van der Waals surface area contributed by atoms with Crippen LogP contribution in [0.1, 0.15) is 5.56 Å². The zero-order chi connectivity index (χ0) is 23.4. The van der Waals surface area contributed by atoms with Crippen molar-refractivity contribution in [2.24, 2.45) is 0 Å². The summed E-state index contributed by atoms with van der Waals surface area (Å²) in [6, 6.07) is 17.9. The Hall–Kier alpha value is -4.17. The van der Waals surface area contributed by atoms with Gasteiger partial charge in [0.25, 0.3) is 11.8 Å². The molecule has 4 amide bonds. The maximum atomic E-state index is 12.9. The Morgan fingerprint density at radius 2 is 1.79 bits per heavy atom. The van der Waals surface area contributed by atoms with Gasteiger partial charge in [-0.1, -0.05) is 29.8 Å². The van der Waals surface area contributed by atoms with E-state index < -0.39 is 23.7 Å². The summed E-state index contributed by atoms with van der Waals surface area (Å²) >= 11 is 5.96. The van der Waals surface area contributed by atoms with Gasteiger partial charge in [0.15, 0.2) is 6.61 Å². The van der Waals surface area contributed by atoms with Crippen molar-refractivity contribution in [3.05, 3.63) is 94.9 Å². The molecule has 1 aliphatic heterocycles. The molecule has 3 aromatic carbocycles. The van der Waals surface area contributed by atoms with Gasteiger partial charge in [-0.2, -0.15) is 0 Å². The third-order valence-electron chi connectivity index (χ3n) is 4.63. The lowest BCUT2D eigenvalue weighted by molar-refractivity contribution is -0.118. The van der Waals surface area contributed by atoms with Gasteiger partial charge < -0.3 is 15.4 Å². The monoisotopic (exact) mass is 465 g/mol. The highest BCUT2D eigenvalue weighted by Gasteiger charge is 2.34. The summed E-state index contributed by atoms with van der Waals surface area (Å²) in [7, 11) is 0. The second-order valence-corrected chi connectivity index (χ2v) is 7.46. The van der Waals surface area contributed by atoms with E-state index in [9.17, 15) is 18.8 Å². The first-order valence-corrected chi connectivity index (χ1v) is 10.2. The van der Waals surface area contributed by atoms with Crippen LogP contribution in [0.2, 0.25) is 5.02 Å². The molecule has 1 heterocycles. The Balaban J connectivity index is 1.37. The fraction of sp³-hybridized carbons (Fsp3) is 0.0417. The van der Waals surface area contributed by atoms with Crippen LogP contribution < -0.4 is 20.3 Å². The number of rotatable bonds is 6. The van der Waals surface area contributed by atoms with E-state index in [1.165, 1.54) is 36.4 Å². The Morgan fingerprint density at radius 3 is 2.48 bits per heavy atom. The maximum absolute atomic E-state index is 12.9. The number of anilines is 2. The molecule has 0 radical (unpaired) electrons. The topological polar surface area (TPSA) is 87.7 Å². The number of amides is 4. The van der Waals surface area contributed by atoms with E-state index in [2.05, 4.69) is 10.6 Å². The Kier molecular flexibility index (Phi) is 6.37. The highest BCUT2D eigenvalue weighted by atomic mass is 35.5. The lowest BCUT2D eigenvalue weighted by Gasteiger charge is -2.11. The van der Waals surface area contributed by atoms with Crippen LogP contribution in [0, 0.1) is 5.82 Å². The van der Waals surface area contributed by atoms with E-state index in [1.807, 2.05) is 0 Å². The van der Waals surface area contributed by atoms with Gasteiger partial charge in [0.2, 0.25) is 0 Å². The third kappa shape index (κ3) is 5.36. The van der Waals surface area contributed by atoms with Crippen molar-refractivity contribution >= 4 is 46.9 Å². The molecule has 0 atom stereocenters. The number of nitrogens with zero attached hydrogens (tertiary/aromatic N) is 1. The molecule has 9 heteroatoms. The highest BCUT2D eigenvalue weighted by Crippen LogP contribution is 2.25.